The molecular formula is C22H22N4. The number of aromatic amines is 1. The van der Waals surface area contributed by atoms with Crippen LogP contribution in [0.15, 0.2) is 42.5 Å². The first-order chi connectivity index (χ1) is 12.5. The fraction of sp³-hybridized carbons (Fsp3) is 0.273. The SMILES string of the molecule is CC1(C)CCc2c(-c3ccc4ccccc4c3)nc3n[nH]c(N)c3c2C1. The number of hydrogen-bond acceptors (Lipinski definition) is 3. The number of pyridine rings is 1. The third kappa shape index (κ3) is 2.29. The minimum absolute atomic E-state index is 0.269. The molecule has 0 saturated heterocycles. The first-order valence-electron chi connectivity index (χ1n) is 9.16. The highest BCUT2D eigenvalue weighted by Gasteiger charge is 2.30. The highest BCUT2D eigenvalue weighted by molar-refractivity contribution is 5.94. The van der Waals surface area contributed by atoms with Crippen molar-refractivity contribution in [3.63, 3.8) is 0 Å². The summed E-state index contributed by atoms with van der Waals surface area (Å²) in [4.78, 5) is 4.91. The van der Waals surface area contributed by atoms with E-state index in [9.17, 15) is 0 Å². The number of nitrogens with two attached hydrogens (primary N) is 1. The van der Waals surface area contributed by atoms with Gasteiger partial charge in [-0.25, -0.2) is 4.98 Å². The van der Waals surface area contributed by atoms with Gasteiger partial charge in [0.2, 0.25) is 0 Å². The second kappa shape index (κ2) is 5.31. The smallest absolute Gasteiger partial charge is 0.183 e. The molecule has 2 aromatic carbocycles. The zero-order chi connectivity index (χ0) is 17.9. The molecule has 0 fully saturated rings. The molecule has 0 spiro atoms. The van der Waals surface area contributed by atoms with E-state index in [0.29, 0.717) is 5.82 Å². The molecule has 130 valence electrons. The van der Waals surface area contributed by atoms with Crippen LogP contribution >= 0.6 is 0 Å². The Hall–Kier alpha value is -2.88. The van der Waals surface area contributed by atoms with Gasteiger partial charge in [-0.05, 0) is 52.6 Å². The third-order valence-corrected chi connectivity index (χ3v) is 5.67. The topological polar surface area (TPSA) is 67.6 Å². The van der Waals surface area contributed by atoms with Crippen LogP contribution in [0.25, 0.3) is 33.1 Å². The summed E-state index contributed by atoms with van der Waals surface area (Å²) < 4.78 is 0. The van der Waals surface area contributed by atoms with Gasteiger partial charge in [0.25, 0.3) is 0 Å². The van der Waals surface area contributed by atoms with Crippen LogP contribution in [0.3, 0.4) is 0 Å². The van der Waals surface area contributed by atoms with Gasteiger partial charge < -0.3 is 5.73 Å². The van der Waals surface area contributed by atoms with E-state index >= 15 is 0 Å². The molecule has 2 aromatic heterocycles. The lowest BCUT2D eigenvalue weighted by Crippen LogP contribution is -2.23. The van der Waals surface area contributed by atoms with Crippen LogP contribution in [0.5, 0.6) is 0 Å². The predicted molar refractivity (Wildman–Crippen MR) is 107 cm³/mol. The number of hydrogen-bond donors (Lipinski definition) is 2. The molecule has 0 atom stereocenters. The first kappa shape index (κ1) is 15.4. The van der Waals surface area contributed by atoms with Crippen LogP contribution in [0.2, 0.25) is 0 Å². The van der Waals surface area contributed by atoms with Gasteiger partial charge in [0.15, 0.2) is 5.65 Å². The summed E-state index contributed by atoms with van der Waals surface area (Å²) in [5, 5.41) is 10.8. The van der Waals surface area contributed by atoms with Crippen LogP contribution in [0.4, 0.5) is 5.82 Å². The lowest BCUT2D eigenvalue weighted by Gasteiger charge is -2.32. The molecule has 0 saturated carbocycles. The molecule has 0 radical (unpaired) electrons. The van der Waals surface area contributed by atoms with Gasteiger partial charge in [-0.15, -0.1) is 0 Å². The predicted octanol–water partition coefficient (Wildman–Crippen LogP) is 4.88. The van der Waals surface area contributed by atoms with Crippen LogP contribution < -0.4 is 5.73 Å². The van der Waals surface area contributed by atoms with Gasteiger partial charge in [-0.3, -0.25) is 5.10 Å². The molecule has 3 N–H and O–H groups in total. The van der Waals surface area contributed by atoms with Crippen molar-refractivity contribution < 1.29 is 0 Å². The van der Waals surface area contributed by atoms with Gasteiger partial charge in [-0.2, -0.15) is 5.10 Å². The van der Waals surface area contributed by atoms with Crippen molar-refractivity contribution in [1.29, 1.82) is 0 Å². The molecule has 2 heterocycles. The number of rotatable bonds is 1. The Morgan fingerprint density at radius 2 is 1.85 bits per heavy atom. The number of H-pyrrole nitrogens is 1. The molecule has 1 aliphatic rings. The summed E-state index contributed by atoms with van der Waals surface area (Å²) >= 11 is 0. The van der Waals surface area contributed by atoms with Crippen molar-refractivity contribution in [3.05, 3.63) is 53.6 Å². The summed E-state index contributed by atoms with van der Waals surface area (Å²) in [7, 11) is 0. The Morgan fingerprint density at radius 1 is 1.04 bits per heavy atom. The molecule has 1 aliphatic carbocycles. The van der Waals surface area contributed by atoms with Crippen molar-refractivity contribution >= 4 is 27.6 Å². The van der Waals surface area contributed by atoms with E-state index in [4.69, 9.17) is 10.7 Å². The highest BCUT2D eigenvalue weighted by atomic mass is 15.2. The summed E-state index contributed by atoms with van der Waals surface area (Å²) in [5.74, 6) is 0.631. The van der Waals surface area contributed by atoms with Gasteiger partial charge >= 0.3 is 0 Å². The molecule has 26 heavy (non-hydrogen) atoms. The zero-order valence-electron chi connectivity index (χ0n) is 15.1. The summed E-state index contributed by atoms with van der Waals surface area (Å²) in [6.07, 6.45) is 3.19. The molecule has 5 rings (SSSR count). The Balaban J connectivity index is 1.80. The number of nitrogens with one attached hydrogen (secondary N) is 1. The molecule has 0 unspecified atom stereocenters. The number of anilines is 1. The van der Waals surface area contributed by atoms with Crippen molar-refractivity contribution in [1.82, 2.24) is 15.2 Å². The lowest BCUT2D eigenvalue weighted by molar-refractivity contribution is 0.317. The minimum atomic E-state index is 0.269. The maximum atomic E-state index is 6.19. The lowest BCUT2D eigenvalue weighted by atomic mass is 9.73. The fourth-order valence-corrected chi connectivity index (χ4v) is 4.26. The number of aromatic nitrogens is 3. The summed E-state index contributed by atoms with van der Waals surface area (Å²) in [5.41, 5.74) is 12.1. The largest absolute Gasteiger partial charge is 0.384 e. The van der Waals surface area contributed by atoms with E-state index in [1.807, 2.05) is 0 Å². The quantitative estimate of drug-likeness (QED) is 0.518. The van der Waals surface area contributed by atoms with Gasteiger partial charge in [0.05, 0.1) is 11.1 Å². The van der Waals surface area contributed by atoms with Crippen molar-refractivity contribution in [2.45, 2.75) is 33.1 Å². The standard InChI is InChI=1S/C22H22N4/c1-22(2)10-9-16-17(12-22)18-20(23)25-26-21(18)24-19(16)15-8-7-13-5-3-4-6-14(13)11-15/h3-8,11H,9-10,12H2,1-2H3,(H3,23,24,25,26). The Kier molecular flexibility index (Phi) is 3.14. The van der Waals surface area contributed by atoms with Crippen molar-refractivity contribution in [2.75, 3.05) is 5.73 Å². The monoisotopic (exact) mass is 342 g/mol. The summed E-state index contributed by atoms with van der Waals surface area (Å²) in [6, 6.07) is 15.0. The van der Waals surface area contributed by atoms with Crippen molar-refractivity contribution in [2.24, 2.45) is 5.41 Å². The molecule has 0 aliphatic heterocycles. The van der Waals surface area contributed by atoms with Crippen LogP contribution in [0, 0.1) is 5.41 Å². The van der Waals surface area contributed by atoms with E-state index in [1.54, 1.807) is 0 Å². The van der Waals surface area contributed by atoms with E-state index in [2.05, 4.69) is 66.5 Å². The third-order valence-electron chi connectivity index (χ3n) is 5.67. The fourth-order valence-electron chi connectivity index (χ4n) is 4.26. The van der Waals surface area contributed by atoms with Crippen LogP contribution in [-0.2, 0) is 12.8 Å². The molecule has 0 amide bonds. The maximum Gasteiger partial charge on any atom is 0.183 e. The molecule has 0 bridgehead atoms. The molecule has 4 heteroatoms. The average molecular weight is 342 g/mol. The van der Waals surface area contributed by atoms with Crippen LogP contribution in [0.1, 0.15) is 31.4 Å². The maximum absolute atomic E-state index is 6.19. The molecular weight excluding hydrogens is 320 g/mol. The van der Waals surface area contributed by atoms with E-state index in [1.165, 1.54) is 21.9 Å². The Morgan fingerprint density at radius 3 is 2.69 bits per heavy atom. The van der Waals surface area contributed by atoms with Crippen LogP contribution in [-0.4, -0.2) is 15.2 Å². The number of fused-ring (bicyclic) bond motifs is 4. The van der Waals surface area contributed by atoms with E-state index in [0.717, 1.165) is 41.6 Å². The van der Waals surface area contributed by atoms with E-state index < -0.39 is 0 Å². The molecule has 4 aromatic rings. The Bertz CT molecular complexity index is 1150. The average Bonchev–Trinajstić information content (AvgIpc) is 3.01. The van der Waals surface area contributed by atoms with E-state index in [-0.39, 0.29) is 5.41 Å². The number of benzene rings is 2. The normalized spacial score (nSPS) is 16.1. The summed E-state index contributed by atoms with van der Waals surface area (Å²) in [6.45, 7) is 4.66. The van der Waals surface area contributed by atoms with Crippen molar-refractivity contribution in [3.8, 4) is 11.3 Å². The number of nitrogens with zero attached hydrogens (tertiary/aromatic N) is 2. The molecule has 4 nitrogen and oxygen atoms in total. The second-order valence-electron chi connectivity index (χ2n) is 8.16. The van der Waals surface area contributed by atoms with Gasteiger partial charge in [0, 0.05) is 5.56 Å². The first-order valence-corrected chi connectivity index (χ1v) is 9.16. The van der Waals surface area contributed by atoms with Gasteiger partial charge in [0.1, 0.15) is 5.82 Å². The zero-order valence-corrected chi connectivity index (χ0v) is 15.1. The Labute approximate surface area is 152 Å². The second-order valence-corrected chi connectivity index (χ2v) is 8.16. The van der Waals surface area contributed by atoms with Gasteiger partial charge in [-0.1, -0.05) is 50.2 Å². The highest BCUT2D eigenvalue weighted by Crippen LogP contribution is 2.42. The number of nitrogen functional groups attached to an aromatic ring is 1. The minimum Gasteiger partial charge on any atom is -0.384 e.